The first kappa shape index (κ1) is 10.2. The van der Waals surface area contributed by atoms with Crippen molar-refractivity contribution >= 4 is 22.5 Å². The van der Waals surface area contributed by atoms with Crippen LogP contribution in [0.25, 0.3) is 10.9 Å². The minimum absolute atomic E-state index is 0.00111. The number of hydrogen-bond acceptors (Lipinski definition) is 1. The highest BCUT2D eigenvalue weighted by Crippen LogP contribution is 2.24. The van der Waals surface area contributed by atoms with E-state index in [-0.39, 0.29) is 5.56 Å². The number of hydrogen-bond donors (Lipinski definition) is 0. The molecule has 0 aliphatic rings. The molecule has 1 heterocycles. The first-order valence-corrected chi connectivity index (χ1v) is 5.30. The molecular weight excluding hydrogens is 210 g/mol. The Hall–Kier alpha value is -1.28. The Morgan fingerprint density at radius 1 is 1.33 bits per heavy atom. The highest BCUT2D eigenvalue weighted by Gasteiger charge is 2.10. The smallest absolute Gasteiger partial charge is 0.255 e. The highest BCUT2D eigenvalue weighted by atomic mass is 35.5. The van der Waals surface area contributed by atoms with Crippen LogP contribution in [0.1, 0.15) is 12.5 Å². The average Bonchev–Trinajstić information content (AvgIpc) is 2.27. The van der Waals surface area contributed by atoms with Gasteiger partial charge in [-0.2, -0.15) is 0 Å². The van der Waals surface area contributed by atoms with E-state index in [1.165, 1.54) is 0 Å². The van der Waals surface area contributed by atoms with Gasteiger partial charge in [0.25, 0.3) is 5.56 Å². The molecule has 0 aliphatic heterocycles. The molecule has 0 atom stereocenters. The number of aryl methyl sites for hydroxylation is 1. The van der Waals surface area contributed by atoms with Gasteiger partial charge in [0.15, 0.2) is 0 Å². The number of para-hydroxylation sites is 1. The summed E-state index contributed by atoms with van der Waals surface area (Å²) in [7, 11) is 1.78. The second-order valence-corrected chi connectivity index (χ2v) is 3.91. The lowest BCUT2D eigenvalue weighted by atomic mass is 10.1. The zero-order valence-corrected chi connectivity index (χ0v) is 9.51. The summed E-state index contributed by atoms with van der Waals surface area (Å²) in [6.45, 7) is 1.94. The zero-order valence-electron chi connectivity index (χ0n) is 8.75. The number of halogens is 1. The van der Waals surface area contributed by atoms with E-state index in [2.05, 4.69) is 0 Å². The van der Waals surface area contributed by atoms with E-state index >= 15 is 0 Å². The SMILES string of the molecule is CCc1c(Cl)c2ccccc2n(C)c1=O. The lowest BCUT2D eigenvalue weighted by molar-refractivity contribution is 0.877. The third kappa shape index (κ3) is 1.45. The molecule has 2 nitrogen and oxygen atoms in total. The summed E-state index contributed by atoms with van der Waals surface area (Å²) in [6, 6.07) is 7.68. The van der Waals surface area contributed by atoms with Gasteiger partial charge >= 0.3 is 0 Å². The third-order valence-electron chi connectivity index (χ3n) is 2.68. The molecule has 0 fully saturated rings. The monoisotopic (exact) mass is 221 g/mol. The molecule has 1 aromatic carbocycles. The Kier molecular flexibility index (Phi) is 2.53. The van der Waals surface area contributed by atoms with Gasteiger partial charge in [-0.3, -0.25) is 4.79 Å². The summed E-state index contributed by atoms with van der Waals surface area (Å²) in [5, 5.41) is 1.54. The minimum atomic E-state index is 0.00111. The predicted molar refractivity (Wildman–Crippen MR) is 63.6 cm³/mol. The van der Waals surface area contributed by atoms with Crippen LogP contribution in [0.4, 0.5) is 0 Å². The van der Waals surface area contributed by atoms with Gasteiger partial charge in [-0.05, 0) is 12.5 Å². The maximum atomic E-state index is 11.9. The molecular formula is C12H12ClNO. The fraction of sp³-hybridized carbons (Fsp3) is 0.250. The van der Waals surface area contributed by atoms with Crippen LogP contribution in [-0.2, 0) is 13.5 Å². The van der Waals surface area contributed by atoms with Crippen molar-refractivity contribution in [3.63, 3.8) is 0 Å². The summed E-state index contributed by atoms with van der Waals surface area (Å²) < 4.78 is 1.65. The molecule has 2 aromatic rings. The Bertz CT molecular complexity index is 572. The van der Waals surface area contributed by atoms with Crippen molar-refractivity contribution in [2.45, 2.75) is 13.3 Å². The summed E-state index contributed by atoms with van der Waals surface area (Å²) in [5.74, 6) is 0. The van der Waals surface area contributed by atoms with Crippen molar-refractivity contribution in [2.24, 2.45) is 7.05 Å². The van der Waals surface area contributed by atoms with Crippen LogP contribution in [0, 0.1) is 0 Å². The van der Waals surface area contributed by atoms with E-state index in [1.807, 2.05) is 31.2 Å². The molecule has 0 aliphatic carbocycles. The highest BCUT2D eigenvalue weighted by molar-refractivity contribution is 6.36. The van der Waals surface area contributed by atoms with E-state index in [9.17, 15) is 4.79 Å². The van der Waals surface area contributed by atoms with Crippen LogP contribution >= 0.6 is 11.6 Å². The Morgan fingerprint density at radius 3 is 2.67 bits per heavy atom. The average molecular weight is 222 g/mol. The number of rotatable bonds is 1. The number of aromatic nitrogens is 1. The van der Waals surface area contributed by atoms with Crippen LogP contribution in [0.3, 0.4) is 0 Å². The summed E-state index contributed by atoms with van der Waals surface area (Å²) in [6.07, 6.45) is 0.663. The first-order valence-electron chi connectivity index (χ1n) is 4.93. The molecule has 0 radical (unpaired) electrons. The molecule has 0 saturated heterocycles. The molecule has 0 bridgehead atoms. The molecule has 2 rings (SSSR count). The molecule has 0 unspecified atom stereocenters. The van der Waals surface area contributed by atoms with E-state index in [0.29, 0.717) is 17.0 Å². The molecule has 78 valence electrons. The van der Waals surface area contributed by atoms with Gasteiger partial charge in [0, 0.05) is 18.0 Å². The Labute approximate surface area is 93.1 Å². The van der Waals surface area contributed by atoms with Crippen molar-refractivity contribution in [1.29, 1.82) is 0 Å². The van der Waals surface area contributed by atoms with Crippen molar-refractivity contribution in [1.82, 2.24) is 4.57 Å². The molecule has 0 saturated carbocycles. The van der Waals surface area contributed by atoms with Gasteiger partial charge in [0.2, 0.25) is 0 Å². The summed E-state index contributed by atoms with van der Waals surface area (Å²) in [5.41, 5.74) is 1.57. The third-order valence-corrected chi connectivity index (χ3v) is 3.11. The molecule has 3 heteroatoms. The lowest BCUT2D eigenvalue weighted by Crippen LogP contribution is -2.21. The second-order valence-electron chi connectivity index (χ2n) is 3.53. The summed E-state index contributed by atoms with van der Waals surface area (Å²) in [4.78, 5) is 11.9. The summed E-state index contributed by atoms with van der Waals surface area (Å²) >= 11 is 6.21. The minimum Gasteiger partial charge on any atom is -0.311 e. The van der Waals surface area contributed by atoms with Gasteiger partial charge in [-0.25, -0.2) is 0 Å². The number of benzene rings is 1. The largest absolute Gasteiger partial charge is 0.311 e. The molecule has 1 aromatic heterocycles. The fourth-order valence-corrected chi connectivity index (χ4v) is 2.20. The fourth-order valence-electron chi connectivity index (χ4n) is 1.83. The zero-order chi connectivity index (χ0) is 11.0. The first-order chi connectivity index (χ1) is 7.16. The van der Waals surface area contributed by atoms with Gasteiger partial charge in [-0.15, -0.1) is 0 Å². The van der Waals surface area contributed by atoms with Gasteiger partial charge < -0.3 is 4.57 Å². The maximum absolute atomic E-state index is 11.9. The molecule has 0 N–H and O–H groups in total. The van der Waals surface area contributed by atoms with Gasteiger partial charge in [0.05, 0.1) is 10.5 Å². The van der Waals surface area contributed by atoms with Gasteiger partial charge in [0.1, 0.15) is 0 Å². The standard InChI is InChI=1S/C12H12ClNO/c1-3-8-11(13)9-6-4-5-7-10(9)14(2)12(8)15/h4-7H,3H2,1-2H3. The molecule has 15 heavy (non-hydrogen) atoms. The van der Waals surface area contributed by atoms with Crippen LogP contribution in [0.5, 0.6) is 0 Å². The van der Waals surface area contributed by atoms with Crippen LogP contribution in [-0.4, -0.2) is 4.57 Å². The van der Waals surface area contributed by atoms with Crippen molar-refractivity contribution in [2.75, 3.05) is 0 Å². The molecule has 0 amide bonds. The maximum Gasteiger partial charge on any atom is 0.255 e. The van der Waals surface area contributed by atoms with E-state index in [4.69, 9.17) is 11.6 Å². The topological polar surface area (TPSA) is 22.0 Å². The van der Waals surface area contributed by atoms with Crippen LogP contribution in [0.15, 0.2) is 29.1 Å². The number of fused-ring (bicyclic) bond motifs is 1. The van der Waals surface area contributed by atoms with Crippen LogP contribution in [0.2, 0.25) is 5.02 Å². The van der Waals surface area contributed by atoms with Crippen molar-refractivity contribution in [3.05, 3.63) is 45.2 Å². The second kappa shape index (κ2) is 3.70. The number of nitrogens with zero attached hydrogens (tertiary/aromatic N) is 1. The Morgan fingerprint density at radius 2 is 2.00 bits per heavy atom. The van der Waals surface area contributed by atoms with E-state index in [0.717, 1.165) is 10.9 Å². The quantitative estimate of drug-likeness (QED) is 0.726. The lowest BCUT2D eigenvalue weighted by Gasteiger charge is -2.09. The van der Waals surface area contributed by atoms with E-state index < -0.39 is 0 Å². The van der Waals surface area contributed by atoms with Gasteiger partial charge in [-0.1, -0.05) is 36.7 Å². The predicted octanol–water partition coefficient (Wildman–Crippen LogP) is 2.75. The van der Waals surface area contributed by atoms with E-state index in [1.54, 1.807) is 11.6 Å². The Balaban J connectivity index is 3.03. The van der Waals surface area contributed by atoms with Crippen LogP contribution < -0.4 is 5.56 Å². The molecule has 0 spiro atoms. The van der Waals surface area contributed by atoms with Crippen molar-refractivity contribution in [3.8, 4) is 0 Å². The van der Waals surface area contributed by atoms with Crippen molar-refractivity contribution < 1.29 is 0 Å². The number of pyridine rings is 1. The normalized spacial score (nSPS) is 10.9.